The molecule has 0 atom stereocenters. The first-order valence-corrected chi connectivity index (χ1v) is 5.49. The monoisotopic (exact) mass is 214 g/mol. The molecule has 2 nitrogen and oxygen atoms in total. The summed E-state index contributed by atoms with van der Waals surface area (Å²) in [5.74, 6) is 1.76. The minimum atomic E-state index is 0.870. The van der Waals surface area contributed by atoms with Gasteiger partial charge in [0.2, 0.25) is 0 Å². The first kappa shape index (κ1) is 10.7. The lowest BCUT2D eigenvalue weighted by molar-refractivity contribution is -0.366. The van der Waals surface area contributed by atoms with E-state index in [9.17, 15) is 0 Å². The van der Waals surface area contributed by atoms with Crippen molar-refractivity contribution < 1.29 is 10.5 Å². The molecule has 0 saturated heterocycles. The van der Waals surface area contributed by atoms with Gasteiger partial charge in [0.05, 0.1) is 6.54 Å². The van der Waals surface area contributed by atoms with Gasteiger partial charge in [-0.05, 0) is 29.8 Å². The molecule has 0 bridgehead atoms. The Hall–Kier alpha value is -1.80. The van der Waals surface area contributed by atoms with Crippen molar-refractivity contribution in [2.24, 2.45) is 0 Å². The van der Waals surface area contributed by atoms with Gasteiger partial charge in [0, 0.05) is 6.42 Å². The molecule has 0 unspecified atom stereocenters. The quantitative estimate of drug-likeness (QED) is 0.832. The van der Waals surface area contributed by atoms with Crippen molar-refractivity contribution in [3.05, 3.63) is 60.2 Å². The molecule has 0 saturated carbocycles. The average Bonchev–Trinajstić information content (AvgIpc) is 2.31. The van der Waals surface area contributed by atoms with Crippen LogP contribution in [0.15, 0.2) is 54.6 Å². The number of benzene rings is 2. The Morgan fingerprint density at radius 2 is 1.62 bits per heavy atom. The van der Waals surface area contributed by atoms with E-state index in [4.69, 9.17) is 4.74 Å². The molecule has 0 aliphatic rings. The maximum atomic E-state index is 5.74. The summed E-state index contributed by atoms with van der Waals surface area (Å²) in [6.45, 7) is 0.911. The van der Waals surface area contributed by atoms with Crippen molar-refractivity contribution in [1.29, 1.82) is 0 Å². The molecular formula is C14H16NO+. The Balaban J connectivity index is 2.12. The van der Waals surface area contributed by atoms with Gasteiger partial charge < -0.3 is 10.5 Å². The molecule has 0 amide bonds. The second-order valence-corrected chi connectivity index (χ2v) is 3.67. The van der Waals surface area contributed by atoms with E-state index < -0.39 is 0 Å². The smallest absolute Gasteiger partial charge is 0.127 e. The van der Waals surface area contributed by atoms with Crippen LogP contribution in [0.3, 0.4) is 0 Å². The van der Waals surface area contributed by atoms with Gasteiger partial charge in [0.1, 0.15) is 11.5 Å². The summed E-state index contributed by atoms with van der Waals surface area (Å²) in [5.41, 5.74) is 5.12. The molecule has 0 aromatic heterocycles. The lowest BCUT2D eigenvalue weighted by Crippen LogP contribution is -2.51. The highest BCUT2D eigenvalue weighted by Crippen LogP contribution is 2.21. The molecule has 16 heavy (non-hydrogen) atoms. The summed E-state index contributed by atoms with van der Waals surface area (Å²) in [5, 5.41) is 0. The van der Waals surface area contributed by atoms with Crippen molar-refractivity contribution in [3.8, 4) is 11.5 Å². The predicted molar refractivity (Wildman–Crippen MR) is 64.4 cm³/mol. The van der Waals surface area contributed by atoms with Crippen molar-refractivity contribution in [2.45, 2.75) is 6.42 Å². The van der Waals surface area contributed by atoms with E-state index in [1.54, 1.807) is 0 Å². The van der Waals surface area contributed by atoms with Crippen LogP contribution in [0.4, 0.5) is 0 Å². The van der Waals surface area contributed by atoms with Crippen molar-refractivity contribution in [3.63, 3.8) is 0 Å². The van der Waals surface area contributed by atoms with Crippen LogP contribution in [-0.2, 0) is 6.42 Å². The van der Waals surface area contributed by atoms with Gasteiger partial charge in [-0.2, -0.15) is 0 Å². The zero-order valence-corrected chi connectivity index (χ0v) is 9.23. The van der Waals surface area contributed by atoms with Gasteiger partial charge in [-0.3, -0.25) is 0 Å². The van der Waals surface area contributed by atoms with Gasteiger partial charge >= 0.3 is 0 Å². The second-order valence-electron chi connectivity index (χ2n) is 3.67. The second kappa shape index (κ2) is 5.33. The van der Waals surface area contributed by atoms with Crippen LogP contribution in [-0.4, -0.2) is 6.54 Å². The van der Waals surface area contributed by atoms with Crippen LogP contribution in [0.25, 0.3) is 0 Å². The Morgan fingerprint density at radius 3 is 2.38 bits per heavy atom. The minimum Gasteiger partial charge on any atom is -0.457 e. The molecule has 0 heterocycles. The fourth-order valence-electron chi connectivity index (χ4n) is 1.59. The molecule has 82 valence electrons. The molecule has 2 rings (SSSR count). The van der Waals surface area contributed by atoms with E-state index >= 15 is 0 Å². The largest absolute Gasteiger partial charge is 0.457 e. The topological polar surface area (TPSA) is 36.9 Å². The van der Waals surface area contributed by atoms with Crippen LogP contribution in [0.1, 0.15) is 5.56 Å². The molecule has 2 aromatic carbocycles. The molecule has 0 fully saturated rings. The van der Waals surface area contributed by atoms with E-state index in [-0.39, 0.29) is 0 Å². The maximum absolute atomic E-state index is 5.74. The lowest BCUT2D eigenvalue weighted by Gasteiger charge is -2.06. The summed E-state index contributed by atoms with van der Waals surface area (Å²) >= 11 is 0. The molecular weight excluding hydrogens is 198 g/mol. The third kappa shape index (κ3) is 2.84. The van der Waals surface area contributed by atoms with E-state index in [0.29, 0.717) is 0 Å². The average molecular weight is 214 g/mol. The molecule has 0 radical (unpaired) electrons. The summed E-state index contributed by atoms with van der Waals surface area (Å²) in [7, 11) is 0. The van der Waals surface area contributed by atoms with E-state index in [2.05, 4.69) is 17.9 Å². The number of ether oxygens (including phenoxy) is 1. The highest BCUT2D eigenvalue weighted by atomic mass is 16.5. The molecule has 0 aliphatic carbocycles. The van der Waals surface area contributed by atoms with E-state index in [1.807, 2.05) is 42.5 Å². The van der Waals surface area contributed by atoms with Gasteiger partial charge in [-0.15, -0.1) is 0 Å². The Bertz CT molecular complexity index is 439. The first-order valence-electron chi connectivity index (χ1n) is 5.49. The van der Waals surface area contributed by atoms with Gasteiger partial charge in [0.15, 0.2) is 0 Å². The third-order valence-electron chi connectivity index (χ3n) is 2.34. The normalized spacial score (nSPS) is 10.1. The van der Waals surface area contributed by atoms with Gasteiger partial charge in [-0.1, -0.05) is 30.3 Å². The molecule has 0 spiro atoms. The highest BCUT2D eigenvalue weighted by Gasteiger charge is 1.98. The molecule has 2 heteroatoms. The van der Waals surface area contributed by atoms with Crippen LogP contribution in [0.2, 0.25) is 0 Å². The first-order chi connectivity index (χ1) is 7.88. The Labute approximate surface area is 95.7 Å². The summed E-state index contributed by atoms with van der Waals surface area (Å²) in [6.07, 6.45) is 0.992. The molecule has 2 aromatic rings. The van der Waals surface area contributed by atoms with Crippen LogP contribution >= 0.6 is 0 Å². The SMILES string of the molecule is [NH3+]CCc1cccc(Oc2ccccc2)c1. The minimum absolute atomic E-state index is 0.870. The fraction of sp³-hybridized carbons (Fsp3) is 0.143. The summed E-state index contributed by atoms with van der Waals surface area (Å²) < 4.78 is 5.74. The predicted octanol–water partition coefficient (Wildman–Crippen LogP) is 2.26. The van der Waals surface area contributed by atoms with Gasteiger partial charge in [-0.25, -0.2) is 0 Å². The molecule has 3 N–H and O–H groups in total. The Morgan fingerprint density at radius 1 is 0.875 bits per heavy atom. The summed E-state index contributed by atoms with van der Waals surface area (Å²) in [6, 6.07) is 18.0. The third-order valence-corrected chi connectivity index (χ3v) is 2.34. The zero-order chi connectivity index (χ0) is 11.2. The number of para-hydroxylation sites is 1. The van der Waals surface area contributed by atoms with Crippen molar-refractivity contribution in [1.82, 2.24) is 0 Å². The standard InChI is InChI=1S/C14H15NO/c15-10-9-12-5-4-8-14(11-12)16-13-6-2-1-3-7-13/h1-8,11H,9-10,15H2/p+1. The van der Waals surface area contributed by atoms with Crippen LogP contribution in [0.5, 0.6) is 11.5 Å². The van der Waals surface area contributed by atoms with Crippen LogP contribution < -0.4 is 10.5 Å². The number of quaternary nitrogens is 1. The maximum Gasteiger partial charge on any atom is 0.127 e. The number of rotatable bonds is 4. The van der Waals surface area contributed by atoms with Crippen molar-refractivity contribution >= 4 is 0 Å². The number of hydrogen-bond donors (Lipinski definition) is 1. The van der Waals surface area contributed by atoms with Crippen LogP contribution in [0, 0.1) is 0 Å². The lowest BCUT2D eigenvalue weighted by atomic mass is 10.1. The fourth-order valence-corrected chi connectivity index (χ4v) is 1.59. The Kier molecular flexibility index (Phi) is 3.57. The van der Waals surface area contributed by atoms with E-state index in [0.717, 1.165) is 24.5 Å². The summed E-state index contributed by atoms with van der Waals surface area (Å²) in [4.78, 5) is 0. The van der Waals surface area contributed by atoms with Crippen molar-refractivity contribution in [2.75, 3.05) is 6.54 Å². The zero-order valence-electron chi connectivity index (χ0n) is 9.23. The molecule has 0 aliphatic heterocycles. The highest BCUT2D eigenvalue weighted by molar-refractivity contribution is 5.33. The number of hydrogen-bond acceptors (Lipinski definition) is 1. The van der Waals surface area contributed by atoms with E-state index in [1.165, 1.54) is 5.56 Å². The van der Waals surface area contributed by atoms with Gasteiger partial charge in [0.25, 0.3) is 0 Å².